The molecule has 0 fully saturated rings. The average Bonchev–Trinajstić information content (AvgIpc) is 3.05. The molecule has 6 nitrogen and oxygen atoms in total. The average molecular weight is 281 g/mol. The highest BCUT2D eigenvalue weighted by molar-refractivity contribution is 6.02. The molecular weight excluding hydrogens is 270 g/mol. The highest BCUT2D eigenvalue weighted by Crippen LogP contribution is 2.22. The monoisotopic (exact) mass is 281 g/mol. The molecule has 21 heavy (non-hydrogen) atoms. The van der Waals surface area contributed by atoms with E-state index in [0.29, 0.717) is 11.4 Å². The summed E-state index contributed by atoms with van der Waals surface area (Å²) in [6.45, 7) is 0. The zero-order valence-corrected chi connectivity index (χ0v) is 10.9. The smallest absolute Gasteiger partial charge is 0.279 e. The van der Waals surface area contributed by atoms with Crippen LogP contribution in [0.4, 0.5) is 5.69 Å². The van der Waals surface area contributed by atoms with Crippen LogP contribution in [-0.4, -0.2) is 16.2 Å². The molecule has 0 radical (unpaired) electrons. The van der Waals surface area contributed by atoms with Gasteiger partial charge < -0.3 is 10.1 Å². The van der Waals surface area contributed by atoms with Crippen LogP contribution in [0, 0.1) is 0 Å². The predicted octanol–water partition coefficient (Wildman–Crippen LogP) is 3.11. The molecule has 0 aliphatic carbocycles. The number of hydrogen-bond donors (Lipinski definition) is 1. The Morgan fingerprint density at radius 3 is 2.38 bits per heavy atom. The quantitative estimate of drug-likeness (QED) is 0.795. The number of anilines is 1. The number of rotatable bonds is 4. The lowest BCUT2D eigenvalue weighted by Crippen LogP contribution is -2.11. The lowest BCUT2D eigenvalue weighted by atomic mass is 10.3. The molecule has 0 bridgehead atoms. The number of amides is 1. The van der Waals surface area contributed by atoms with Gasteiger partial charge in [0.05, 0.1) is 0 Å². The fraction of sp³-hybridized carbons (Fsp3) is 0. The first-order chi connectivity index (χ1) is 10.3. The fourth-order valence-electron chi connectivity index (χ4n) is 1.69. The molecule has 0 atom stereocenters. The summed E-state index contributed by atoms with van der Waals surface area (Å²) in [4.78, 5) is 11.7. The van der Waals surface area contributed by atoms with Crippen LogP contribution in [0.15, 0.2) is 65.4 Å². The van der Waals surface area contributed by atoms with Crippen molar-refractivity contribution in [3.8, 4) is 11.5 Å². The van der Waals surface area contributed by atoms with Crippen LogP contribution < -0.4 is 10.1 Å². The molecule has 0 aliphatic heterocycles. The van der Waals surface area contributed by atoms with E-state index in [2.05, 4.69) is 20.3 Å². The second-order valence-corrected chi connectivity index (χ2v) is 4.19. The van der Waals surface area contributed by atoms with Gasteiger partial charge in [-0.15, -0.1) is 0 Å². The van der Waals surface area contributed by atoms with E-state index >= 15 is 0 Å². The molecule has 1 aromatic heterocycles. The minimum Gasteiger partial charge on any atom is -0.457 e. The Morgan fingerprint density at radius 1 is 1.00 bits per heavy atom. The van der Waals surface area contributed by atoms with Crippen molar-refractivity contribution in [2.75, 3.05) is 5.32 Å². The molecule has 0 saturated carbocycles. The van der Waals surface area contributed by atoms with Crippen LogP contribution in [0.25, 0.3) is 0 Å². The fourth-order valence-corrected chi connectivity index (χ4v) is 1.69. The summed E-state index contributed by atoms with van der Waals surface area (Å²) in [7, 11) is 0. The third-order valence-corrected chi connectivity index (χ3v) is 2.69. The van der Waals surface area contributed by atoms with Crippen molar-refractivity contribution in [3.63, 3.8) is 0 Å². The molecule has 1 heterocycles. The van der Waals surface area contributed by atoms with Crippen molar-refractivity contribution in [1.29, 1.82) is 0 Å². The Balaban J connectivity index is 1.65. The predicted molar refractivity (Wildman–Crippen MR) is 75.2 cm³/mol. The van der Waals surface area contributed by atoms with Crippen LogP contribution in [0.5, 0.6) is 11.5 Å². The highest BCUT2D eigenvalue weighted by Gasteiger charge is 2.10. The Morgan fingerprint density at radius 2 is 1.71 bits per heavy atom. The number of aromatic nitrogens is 2. The number of para-hydroxylation sites is 1. The van der Waals surface area contributed by atoms with Gasteiger partial charge in [0.15, 0.2) is 5.69 Å². The third kappa shape index (κ3) is 3.24. The Kier molecular flexibility index (Phi) is 3.60. The molecule has 1 amide bonds. The van der Waals surface area contributed by atoms with Gasteiger partial charge in [0.1, 0.15) is 17.7 Å². The zero-order valence-electron chi connectivity index (χ0n) is 10.9. The lowest BCUT2D eigenvalue weighted by molar-refractivity contribution is 0.101. The van der Waals surface area contributed by atoms with Gasteiger partial charge in [-0.1, -0.05) is 23.4 Å². The normalized spacial score (nSPS) is 10.1. The molecule has 6 heteroatoms. The molecule has 0 spiro atoms. The third-order valence-electron chi connectivity index (χ3n) is 2.69. The molecule has 104 valence electrons. The second-order valence-electron chi connectivity index (χ2n) is 4.19. The number of nitrogens with one attached hydrogen (secondary N) is 1. The number of hydrogen-bond acceptors (Lipinski definition) is 5. The summed E-state index contributed by atoms with van der Waals surface area (Å²) in [5, 5.41) is 9.52. The van der Waals surface area contributed by atoms with Gasteiger partial charge >= 0.3 is 0 Å². The largest absolute Gasteiger partial charge is 0.457 e. The summed E-state index contributed by atoms with van der Waals surface area (Å²) in [6.07, 6.45) is 1.25. The second kappa shape index (κ2) is 5.87. The number of ether oxygens (including phenoxy) is 1. The molecule has 0 unspecified atom stereocenters. The van der Waals surface area contributed by atoms with E-state index in [4.69, 9.17) is 4.74 Å². The first kappa shape index (κ1) is 12.9. The maximum absolute atomic E-state index is 11.7. The van der Waals surface area contributed by atoms with Gasteiger partial charge in [0.25, 0.3) is 5.91 Å². The van der Waals surface area contributed by atoms with Crippen LogP contribution in [0.1, 0.15) is 10.5 Å². The molecule has 3 aromatic rings. The van der Waals surface area contributed by atoms with E-state index in [1.165, 1.54) is 6.20 Å². The minimum atomic E-state index is -0.382. The zero-order chi connectivity index (χ0) is 14.5. The number of carbonyl (C=O) groups is 1. The van der Waals surface area contributed by atoms with Crippen molar-refractivity contribution < 1.29 is 14.2 Å². The summed E-state index contributed by atoms with van der Waals surface area (Å²) in [5.41, 5.74) is 0.753. The van der Waals surface area contributed by atoms with Crippen molar-refractivity contribution in [2.24, 2.45) is 0 Å². The van der Waals surface area contributed by atoms with Crippen molar-refractivity contribution >= 4 is 11.6 Å². The molecule has 3 rings (SSSR count). The van der Waals surface area contributed by atoms with E-state index < -0.39 is 0 Å². The minimum absolute atomic E-state index is 0.125. The van der Waals surface area contributed by atoms with Crippen LogP contribution >= 0.6 is 0 Å². The SMILES string of the molecule is O=C(Nc1ccc(Oc2ccccc2)cc1)c1cnon1. The Hall–Kier alpha value is -3.15. The topological polar surface area (TPSA) is 77.2 Å². The molecule has 0 saturated heterocycles. The van der Waals surface area contributed by atoms with Gasteiger partial charge in [-0.25, -0.2) is 4.63 Å². The van der Waals surface area contributed by atoms with E-state index in [9.17, 15) is 4.79 Å². The molecule has 0 aliphatic rings. The maximum atomic E-state index is 11.7. The first-order valence-electron chi connectivity index (χ1n) is 6.23. The standard InChI is InChI=1S/C15H11N3O3/c19-15(14-10-16-21-18-14)17-11-6-8-13(9-7-11)20-12-4-2-1-3-5-12/h1-10H,(H,17,19). The van der Waals surface area contributed by atoms with E-state index in [0.717, 1.165) is 5.75 Å². The van der Waals surface area contributed by atoms with Crippen LogP contribution in [-0.2, 0) is 0 Å². The van der Waals surface area contributed by atoms with Crippen molar-refractivity contribution in [3.05, 3.63) is 66.5 Å². The van der Waals surface area contributed by atoms with Crippen LogP contribution in [0.3, 0.4) is 0 Å². The van der Waals surface area contributed by atoms with Gasteiger partial charge in [-0.05, 0) is 41.6 Å². The Bertz CT molecular complexity index is 710. The Labute approximate surface area is 120 Å². The molecule has 1 N–H and O–H groups in total. The lowest BCUT2D eigenvalue weighted by Gasteiger charge is -2.07. The van der Waals surface area contributed by atoms with Gasteiger partial charge in [0.2, 0.25) is 0 Å². The van der Waals surface area contributed by atoms with Gasteiger partial charge in [0, 0.05) is 5.69 Å². The molecular formula is C15H11N3O3. The molecule has 2 aromatic carbocycles. The number of nitrogens with zero attached hydrogens (tertiary/aromatic N) is 2. The van der Waals surface area contributed by atoms with Gasteiger partial charge in [-0.3, -0.25) is 4.79 Å². The van der Waals surface area contributed by atoms with E-state index in [-0.39, 0.29) is 11.6 Å². The number of carbonyl (C=O) groups excluding carboxylic acids is 1. The summed E-state index contributed by atoms with van der Waals surface area (Å²) >= 11 is 0. The van der Waals surface area contributed by atoms with E-state index in [1.807, 2.05) is 30.3 Å². The van der Waals surface area contributed by atoms with Gasteiger partial charge in [-0.2, -0.15) is 0 Å². The maximum Gasteiger partial charge on any atom is 0.279 e. The van der Waals surface area contributed by atoms with Crippen LogP contribution in [0.2, 0.25) is 0 Å². The van der Waals surface area contributed by atoms with Crippen molar-refractivity contribution in [1.82, 2.24) is 10.3 Å². The summed E-state index contributed by atoms with van der Waals surface area (Å²) in [5.74, 6) is 1.05. The van der Waals surface area contributed by atoms with E-state index in [1.54, 1.807) is 24.3 Å². The summed E-state index contributed by atoms with van der Waals surface area (Å²) in [6, 6.07) is 16.5. The van der Waals surface area contributed by atoms with Crippen molar-refractivity contribution in [2.45, 2.75) is 0 Å². The highest BCUT2D eigenvalue weighted by atomic mass is 16.6. The first-order valence-corrected chi connectivity index (χ1v) is 6.23. The summed E-state index contributed by atoms with van der Waals surface area (Å²) < 4.78 is 10.0. The number of benzene rings is 2.